The van der Waals surface area contributed by atoms with Crippen molar-refractivity contribution in [3.05, 3.63) is 68.9 Å². The molecule has 4 atom stereocenters. The third-order valence-corrected chi connectivity index (χ3v) is 9.30. The van der Waals surface area contributed by atoms with E-state index < -0.39 is 13.0 Å². The number of allylic oxidation sites excluding steroid dienone is 2. The van der Waals surface area contributed by atoms with Gasteiger partial charge >= 0.3 is 7.12 Å². The molecule has 2 aromatic rings. The first-order valence-electron chi connectivity index (χ1n) is 14.3. The molecule has 3 aliphatic rings. The Kier molecular flexibility index (Phi) is 8.74. The molecule has 2 N–H and O–H groups in total. The number of thiophene rings is 1. The van der Waals surface area contributed by atoms with Crippen molar-refractivity contribution in [3.8, 4) is 5.75 Å². The summed E-state index contributed by atoms with van der Waals surface area (Å²) in [6.07, 6.45) is 7.89. The van der Waals surface area contributed by atoms with Crippen molar-refractivity contribution in [2.45, 2.75) is 77.8 Å². The van der Waals surface area contributed by atoms with Gasteiger partial charge in [-0.25, -0.2) is 0 Å². The Morgan fingerprint density at radius 2 is 1.92 bits per heavy atom. The third kappa shape index (κ3) is 5.79. The number of nitrogens with zero attached hydrogens (tertiary/aromatic N) is 1. The van der Waals surface area contributed by atoms with Crippen LogP contribution in [0.5, 0.6) is 5.75 Å². The number of phenolic OH excluding ortho intramolecular Hbond substituents is 1. The zero-order chi connectivity index (χ0) is 27.5. The SMILES string of the molecule is CCCC1=C2[C@@H](CC/C(=C/c3ccccc3O)CCC)OB(O)C[C@@H]2[C@@H]2C(=O)N(Cc3cccs3)C(=O)[C@@H]2C1. The molecular weight excluding hydrogens is 509 g/mol. The molecule has 206 valence electrons. The first-order valence-corrected chi connectivity index (χ1v) is 15.2. The Bertz CT molecular complexity index is 1260. The highest BCUT2D eigenvalue weighted by molar-refractivity contribution is 7.09. The lowest BCUT2D eigenvalue weighted by Crippen LogP contribution is -2.46. The van der Waals surface area contributed by atoms with Crippen LogP contribution in [0.4, 0.5) is 0 Å². The molecule has 0 bridgehead atoms. The summed E-state index contributed by atoms with van der Waals surface area (Å²) in [5, 5.41) is 23.1. The number of amides is 2. The molecule has 0 radical (unpaired) electrons. The quantitative estimate of drug-likeness (QED) is 0.210. The first kappa shape index (κ1) is 27.9. The standard InChI is InChI=1S/C31H38BNO5S/c1-3-8-20(16-21-10-5-6-12-26(21)34)13-14-27-28-22(9-4-2)17-24-29(25(28)18-32(37)38-27)31(36)33(30(24)35)19-23-11-7-15-39-23/h5-7,10-12,15-16,24-25,27,29,34,37H,3-4,8-9,13-14,17-19H2,1-2H3/b20-16+/t24-,25+,27-,29-/m1/s1. The fourth-order valence-electron chi connectivity index (χ4n) is 6.82. The average Bonchev–Trinajstić information content (AvgIpc) is 3.51. The van der Waals surface area contributed by atoms with Crippen LogP contribution < -0.4 is 0 Å². The lowest BCUT2D eigenvalue weighted by molar-refractivity contribution is -0.140. The van der Waals surface area contributed by atoms with Crippen LogP contribution in [0, 0.1) is 17.8 Å². The summed E-state index contributed by atoms with van der Waals surface area (Å²) in [6, 6.07) is 11.2. The van der Waals surface area contributed by atoms with Gasteiger partial charge in [0.05, 0.1) is 24.5 Å². The summed E-state index contributed by atoms with van der Waals surface area (Å²) in [5.41, 5.74) is 4.41. The molecule has 0 unspecified atom stereocenters. The number of imide groups is 1. The highest BCUT2D eigenvalue weighted by Crippen LogP contribution is 2.51. The van der Waals surface area contributed by atoms with Gasteiger partial charge < -0.3 is 14.8 Å². The smallest absolute Gasteiger partial charge is 0.455 e. The van der Waals surface area contributed by atoms with E-state index in [4.69, 9.17) is 4.65 Å². The first-order chi connectivity index (χ1) is 18.9. The van der Waals surface area contributed by atoms with E-state index >= 15 is 0 Å². The summed E-state index contributed by atoms with van der Waals surface area (Å²) >= 11 is 1.56. The normalized spacial score (nSPS) is 25.4. The molecule has 8 heteroatoms. The molecule has 1 aromatic heterocycles. The van der Waals surface area contributed by atoms with Crippen molar-refractivity contribution < 1.29 is 24.4 Å². The monoisotopic (exact) mass is 547 g/mol. The predicted octanol–water partition coefficient (Wildman–Crippen LogP) is 6.21. The van der Waals surface area contributed by atoms with Gasteiger partial charge in [-0.3, -0.25) is 14.5 Å². The fourth-order valence-corrected chi connectivity index (χ4v) is 7.51. The number of rotatable bonds is 10. The molecule has 5 rings (SSSR count). The predicted molar refractivity (Wildman–Crippen MR) is 155 cm³/mol. The Hall–Kier alpha value is -2.68. The van der Waals surface area contributed by atoms with Crippen LogP contribution in [-0.2, 0) is 20.8 Å². The van der Waals surface area contributed by atoms with Crippen LogP contribution in [0.25, 0.3) is 6.08 Å². The van der Waals surface area contributed by atoms with E-state index in [9.17, 15) is 19.7 Å². The van der Waals surface area contributed by atoms with Crippen LogP contribution in [0.15, 0.2) is 58.5 Å². The lowest BCUT2D eigenvalue weighted by Gasteiger charge is -2.43. The Morgan fingerprint density at radius 3 is 2.64 bits per heavy atom. The third-order valence-electron chi connectivity index (χ3n) is 8.44. The summed E-state index contributed by atoms with van der Waals surface area (Å²) in [7, 11) is -0.962. The molecule has 0 saturated carbocycles. The second-order valence-corrected chi connectivity index (χ2v) is 12.1. The van der Waals surface area contributed by atoms with E-state index in [2.05, 4.69) is 19.9 Å². The van der Waals surface area contributed by atoms with Gasteiger partial charge in [-0.15, -0.1) is 11.3 Å². The van der Waals surface area contributed by atoms with Gasteiger partial charge in [0.15, 0.2) is 0 Å². The van der Waals surface area contributed by atoms with E-state index in [1.165, 1.54) is 16.0 Å². The number of hydrogen-bond donors (Lipinski definition) is 2. The van der Waals surface area contributed by atoms with Crippen LogP contribution in [-0.4, -0.2) is 40.1 Å². The van der Waals surface area contributed by atoms with Gasteiger partial charge in [-0.1, -0.05) is 68.2 Å². The maximum absolute atomic E-state index is 13.7. The molecule has 3 heterocycles. The van der Waals surface area contributed by atoms with Crippen LogP contribution in [0.1, 0.15) is 69.2 Å². The number of para-hydroxylation sites is 1. The van der Waals surface area contributed by atoms with Crippen LogP contribution in [0.3, 0.4) is 0 Å². The molecule has 0 spiro atoms. The average molecular weight is 548 g/mol. The van der Waals surface area contributed by atoms with Gasteiger partial charge in [0.2, 0.25) is 11.8 Å². The lowest BCUT2D eigenvalue weighted by atomic mass is 9.58. The van der Waals surface area contributed by atoms with Crippen molar-refractivity contribution in [3.63, 3.8) is 0 Å². The number of carbonyl (C=O) groups excluding carboxylic acids is 2. The topological polar surface area (TPSA) is 87.1 Å². The molecule has 2 saturated heterocycles. The Labute approximate surface area is 235 Å². The number of aromatic hydroxyl groups is 1. The van der Waals surface area contributed by atoms with Crippen molar-refractivity contribution in [2.24, 2.45) is 17.8 Å². The Balaban J connectivity index is 1.42. The second-order valence-electron chi connectivity index (χ2n) is 11.1. The maximum Gasteiger partial charge on any atom is 0.455 e. The van der Waals surface area contributed by atoms with Crippen LogP contribution in [0.2, 0.25) is 6.32 Å². The summed E-state index contributed by atoms with van der Waals surface area (Å²) in [4.78, 5) is 29.7. The number of carbonyl (C=O) groups is 2. The van der Waals surface area contributed by atoms with Crippen molar-refractivity contribution in [1.82, 2.24) is 4.90 Å². The molecule has 2 fully saturated rings. The number of benzene rings is 1. The van der Waals surface area contributed by atoms with Crippen molar-refractivity contribution in [1.29, 1.82) is 0 Å². The molecule has 2 amide bonds. The van der Waals surface area contributed by atoms with Gasteiger partial charge in [-0.2, -0.15) is 0 Å². The number of hydrogen-bond acceptors (Lipinski definition) is 6. The van der Waals surface area contributed by atoms with E-state index in [-0.39, 0.29) is 35.5 Å². The van der Waals surface area contributed by atoms with Gasteiger partial charge in [-0.05, 0) is 67.4 Å². The van der Waals surface area contributed by atoms with E-state index in [1.54, 1.807) is 17.4 Å². The van der Waals surface area contributed by atoms with E-state index in [0.717, 1.165) is 48.1 Å². The Morgan fingerprint density at radius 1 is 1.10 bits per heavy atom. The highest BCUT2D eigenvalue weighted by Gasteiger charge is 2.57. The molecule has 1 aliphatic carbocycles. The van der Waals surface area contributed by atoms with Gasteiger partial charge in [0, 0.05) is 10.4 Å². The van der Waals surface area contributed by atoms with Crippen LogP contribution >= 0.6 is 11.3 Å². The maximum atomic E-state index is 13.7. The van der Waals surface area contributed by atoms with E-state index in [1.807, 2.05) is 35.7 Å². The van der Waals surface area contributed by atoms with Gasteiger partial charge in [0.25, 0.3) is 0 Å². The minimum Gasteiger partial charge on any atom is -0.507 e. The second kappa shape index (κ2) is 12.2. The minimum absolute atomic E-state index is 0.0700. The minimum atomic E-state index is -0.962. The number of phenols is 1. The molecule has 2 aliphatic heterocycles. The number of fused-ring (bicyclic) bond motifs is 3. The zero-order valence-corrected chi connectivity index (χ0v) is 23.7. The molecule has 6 nitrogen and oxygen atoms in total. The molecule has 1 aromatic carbocycles. The summed E-state index contributed by atoms with van der Waals surface area (Å²) in [5.74, 6) is -0.870. The van der Waals surface area contributed by atoms with Crippen molar-refractivity contribution in [2.75, 3.05) is 0 Å². The summed E-state index contributed by atoms with van der Waals surface area (Å²) in [6.45, 7) is 4.61. The van der Waals surface area contributed by atoms with E-state index in [0.29, 0.717) is 25.7 Å². The molecular formula is C31H38BNO5S. The van der Waals surface area contributed by atoms with Gasteiger partial charge in [0.1, 0.15) is 5.75 Å². The number of likely N-dealkylation sites (tertiary alicyclic amines) is 1. The van der Waals surface area contributed by atoms with Crippen molar-refractivity contribution >= 4 is 36.3 Å². The highest BCUT2D eigenvalue weighted by atomic mass is 32.1. The fraction of sp³-hybridized carbons (Fsp3) is 0.484. The zero-order valence-electron chi connectivity index (χ0n) is 22.8. The summed E-state index contributed by atoms with van der Waals surface area (Å²) < 4.78 is 6.17. The molecule has 39 heavy (non-hydrogen) atoms. The largest absolute Gasteiger partial charge is 0.507 e.